The van der Waals surface area contributed by atoms with Crippen LogP contribution in [0.3, 0.4) is 0 Å². The number of benzene rings is 1. The van der Waals surface area contributed by atoms with Crippen LogP contribution in [0.15, 0.2) is 18.2 Å². The Morgan fingerprint density at radius 3 is 2.86 bits per heavy atom. The van der Waals surface area contributed by atoms with E-state index >= 15 is 0 Å². The van der Waals surface area contributed by atoms with Crippen LogP contribution in [0.5, 0.6) is 0 Å². The molecule has 1 aliphatic rings. The first-order valence-corrected chi connectivity index (χ1v) is 5.25. The van der Waals surface area contributed by atoms with Gasteiger partial charge in [0.25, 0.3) is 0 Å². The van der Waals surface area contributed by atoms with E-state index in [-0.39, 0.29) is 11.9 Å². The molecule has 0 saturated heterocycles. The lowest BCUT2D eigenvalue weighted by Crippen LogP contribution is -2.12. The molecule has 76 valence electrons. The molecule has 1 saturated carbocycles. The summed E-state index contributed by atoms with van der Waals surface area (Å²) in [5.41, 5.74) is 6.45. The van der Waals surface area contributed by atoms with Gasteiger partial charge in [-0.15, -0.1) is 0 Å². The highest BCUT2D eigenvalue weighted by atomic mass is 35.5. The van der Waals surface area contributed by atoms with Crippen molar-refractivity contribution in [2.75, 3.05) is 0 Å². The quantitative estimate of drug-likeness (QED) is 0.820. The van der Waals surface area contributed by atoms with E-state index in [0.717, 1.165) is 6.42 Å². The molecule has 14 heavy (non-hydrogen) atoms. The zero-order chi connectivity index (χ0) is 10.1. The van der Waals surface area contributed by atoms with Gasteiger partial charge in [-0.25, -0.2) is 4.39 Å². The Bertz CT molecular complexity index is 336. The Morgan fingerprint density at radius 1 is 1.50 bits per heavy atom. The zero-order valence-corrected chi connectivity index (χ0v) is 8.60. The highest BCUT2D eigenvalue weighted by Crippen LogP contribution is 2.37. The van der Waals surface area contributed by atoms with E-state index < -0.39 is 0 Å². The van der Waals surface area contributed by atoms with Crippen LogP contribution in [0.1, 0.15) is 30.9 Å². The van der Waals surface area contributed by atoms with Crippen molar-refractivity contribution in [3.8, 4) is 0 Å². The second-order valence-electron chi connectivity index (χ2n) is 3.95. The molecule has 0 radical (unpaired) electrons. The highest BCUT2D eigenvalue weighted by Gasteiger charge is 2.25. The number of hydrogen-bond acceptors (Lipinski definition) is 1. The maximum Gasteiger partial charge on any atom is 0.128 e. The minimum absolute atomic E-state index is 0.207. The van der Waals surface area contributed by atoms with Crippen molar-refractivity contribution in [1.29, 1.82) is 0 Å². The monoisotopic (exact) mass is 213 g/mol. The second kappa shape index (κ2) is 3.87. The van der Waals surface area contributed by atoms with Crippen molar-refractivity contribution in [2.45, 2.75) is 25.3 Å². The van der Waals surface area contributed by atoms with Gasteiger partial charge >= 0.3 is 0 Å². The molecule has 2 N–H and O–H groups in total. The smallest absolute Gasteiger partial charge is 0.128 e. The number of hydrogen-bond donors (Lipinski definition) is 1. The van der Waals surface area contributed by atoms with Crippen LogP contribution >= 0.6 is 11.6 Å². The molecule has 1 aliphatic carbocycles. The Balaban J connectivity index is 2.15. The lowest BCUT2D eigenvalue weighted by atomic mass is 10.0. The summed E-state index contributed by atoms with van der Waals surface area (Å²) in [4.78, 5) is 0. The van der Waals surface area contributed by atoms with Gasteiger partial charge in [-0.1, -0.05) is 24.4 Å². The lowest BCUT2D eigenvalue weighted by Gasteiger charge is -2.12. The van der Waals surface area contributed by atoms with Gasteiger partial charge < -0.3 is 5.73 Å². The molecule has 2 rings (SSSR count). The van der Waals surface area contributed by atoms with E-state index in [0.29, 0.717) is 16.5 Å². The summed E-state index contributed by atoms with van der Waals surface area (Å²) in [7, 11) is 0. The van der Waals surface area contributed by atoms with Gasteiger partial charge in [0.2, 0.25) is 0 Å². The predicted molar refractivity (Wildman–Crippen MR) is 55.7 cm³/mol. The minimum Gasteiger partial charge on any atom is -0.324 e. The summed E-state index contributed by atoms with van der Waals surface area (Å²) in [5, 5.41) is 0.549. The Kier molecular flexibility index (Phi) is 2.75. The maximum absolute atomic E-state index is 13.4. The Labute approximate surface area is 88.1 Å². The molecular formula is C11H13ClFN. The molecule has 0 heterocycles. The fourth-order valence-corrected chi connectivity index (χ4v) is 1.82. The van der Waals surface area contributed by atoms with Gasteiger partial charge in [0.15, 0.2) is 0 Å². The molecule has 1 nitrogen and oxygen atoms in total. The highest BCUT2D eigenvalue weighted by molar-refractivity contribution is 6.30. The molecule has 1 aromatic rings. The first kappa shape index (κ1) is 9.94. The molecular weight excluding hydrogens is 201 g/mol. The van der Waals surface area contributed by atoms with Gasteiger partial charge in [0.05, 0.1) is 0 Å². The maximum atomic E-state index is 13.4. The van der Waals surface area contributed by atoms with Gasteiger partial charge in [-0.2, -0.15) is 0 Å². The zero-order valence-electron chi connectivity index (χ0n) is 7.84. The fraction of sp³-hybridized carbons (Fsp3) is 0.455. The van der Waals surface area contributed by atoms with Crippen LogP contribution in [-0.4, -0.2) is 0 Å². The molecule has 0 spiro atoms. The van der Waals surface area contributed by atoms with E-state index in [2.05, 4.69) is 0 Å². The van der Waals surface area contributed by atoms with E-state index in [4.69, 9.17) is 17.3 Å². The average Bonchev–Trinajstić information content (AvgIpc) is 2.93. The molecule has 1 aromatic carbocycles. The van der Waals surface area contributed by atoms with Gasteiger partial charge in [-0.3, -0.25) is 0 Å². The van der Waals surface area contributed by atoms with Crippen LogP contribution in [0.2, 0.25) is 5.02 Å². The normalized spacial score (nSPS) is 18.2. The molecule has 0 aliphatic heterocycles. The topological polar surface area (TPSA) is 26.0 Å². The van der Waals surface area contributed by atoms with E-state index in [9.17, 15) is 4.39 Å². The number of rotatable bonds is 3. The fourth-order valence-electron chi connectivity index (χ4n) is 1.64. The third-order valence-electron chi connectivity index (χ3n) is 2.64. The molecule has 3 heteroatoms. The number of nitrogens with two attached hydrogens (primary N) is 1. The first-order chi connectivity index (χ1) is 6.66. The third-order valence-corrected chi connectivity index (χ3v) is 2.88. The third kappa shape index (κ3) is 2.25. The van der Waals surface area contributed by atoms with Crippen LogP contribution in [0, 0.1) is 11.7 Å². The molecule has 1 atom stereocenters. The average molecular weight is 214 g/mol. The second-order valence-corrected chi connectivity index (χ2v) is 4.39. The SMILES string of the molecule is N[C@@H](CC1CC1)c1cc(Cl)ccc1F. The van der Waals surface area contributed by atoms with Crippen molar-refractivity contribution >= 4 is 11.6 Å². The first-order valence-electron chi connectivity index (χ1n) is 4.87. The molecule has 0 unspecified atom stereocenters. The van der Waals surface area contributed by atoms with Crippen LogP contribution in [0.25, 0.3) is 0 Å². The van der Waals surface area contributed by atoms with E-state index in [1.165, 1.54) is 18.9 Å². The van der Waals surface area contributed by atoms with Crippen molar-refractivity contribution in [2.24, 2.45) is 11.7 Å². The summed E-state index contributed by atoms with van der Waals surface area (Å²) in [5.74, 6) is 0.450. The van der Waals surface area contributed by atoms with Crippen LogP contribution < -0.4 is 5.73 Å². The van der Waals surface area contributed by atoms with Crippen molar-refractivity contribution in [3.05, 3.63) is 34.6 Å². The lowest BCUT2D eigenvalue weighted by molar-refractivity contribution is 0.543. The van der Waals surface area contributed by atoms with Crippen molar-refractivity contribution < 1.29 is 4.39 Å². The molecule has 0 amide bonds. The Morgan fingerprint density at radius 2 is 2.21 bits per heavy atom. The summed E-state index contributed by atoms with van der Waals surface area (Å²) in [6.07, 6.45) is 3.34. The van der Waals surface area contributed by atoms with Gasteiger partial charge in [-0.05, 0) is 30.5 Å². The van der Waals surface area contributed by atoms with Crippen LogP contribution in [-0.2, 0) is 0 Å². The summed E-state index contributed by atoms with van der Waals surface area (Å²) in [6.45, 7) is 0. The van der Waals surface area contributed by atoms with Crippen molar-refractivity contribution in [3.63, 3.8) is 0 Å². The van der Waals surface area contributed by atoms with Crippen molar-refractivity contribution in [1.82, 2.24) is 0 Å². The van der Waals surface area contributed by atoms with E-state index in [1.807, 2.05) is 0 Å². The summed E-state index contributed by atoms with van der Waals surface area (Å²) in [6, 6.07) is 4.35. The molecule has 1 fully saturated rings. The largest absolute Gasteiger partial charge is 0.324 e. The summed E-state index contributed by atoms with van der Waals surface area (Å²) < 4.78 is 13.4. The predicted octanol–water partition coefficient (Wildman–Crippen LogP) is 3.28. The molecule has 0 bridgehead atoms. The summed E-state index contributed by atoms with van der Waals surface area (Å²) >= 11 is 5.79. The van der Waals surface area contributed by atoms with E-state index in [1.54, 1.807) is 12.1 Å². The molecule has 0 aromatic heterocycles. The minimum atomic E-state index is -0.248. The van der Waals surface area contributed by atoms with Gasteiger partial charge in [0.1, 0.15) is 5.82 Å². The number of halogens is 2. The standard InChI is InChI=1S/C11H13ClFN/c12-8-3-4-10(13)9(6-8)11(14)5-7-1-2-7/h3-4,6-7,11H,1-2,5,14H2/t11-/m0/s1. The van der Waals surface area contributed by atoms with Gasteiger partial charge in [0, 0.05) is 16.6 Å². The Hall–Kier alpha value is -0.600. The van der Waals surface area contributed by atoms with Crippen LogP contribution in [0.4, 0.5) is 4.39 Å².